The summed E-state index contributed by atoms with van der Waals surface area (Å²) < 4.78 is 0. The van der Waals surface area contributed by atoms with E-state index in [9.17, 15) is 0 Å². The molecule has 0 bridgehead atoms. The Morgan fingerprint density at radius 2 is 1.63 bits per heavy atom. The molecule has 0 unspecified atom stereocenters. The van der Waals surface area contributed by atoms with Crippen molar-refractivity contribution in [3.63, 3.8) is 0 Å². The summed E-state index contributed by atoms with van der Waals surface area (Å²) in [5.41, 5.74) is 0. The highest BCUT2D eigenvalue weighted by Gasteiger charge is 2.30. The zero-order valence-electron chi connectivity index (χ0n) is 12.6. The van der Waals surface area contributed by atoms with Crippen LogP contribution < -0.4 is 0 Å². The lowest BCUT2D eigenvalue weighted by Crippen LogP contribution is -2.54. The van der Waals surface area contributed by atoms with Crippen LogP contribution in [-0.4, -0.2) is 72.4 Å². The van der Waals surface area contributed by atoms with Gasteiger partial charge < -0.3 is 9.80 Å². The summed E-state index contributed by atoms with van der Waals surface area (Å²) >= 11 is 4.41. The lowest BCUT2D eigenvalue weighted by molar-refractivity contribution is 0.0753. The molecule has 2 fully saturated rings. The van der Waals surface area contributed by atoms with Gasteiger partial charge in [0.25, 0.3) is 0 Å². The molecule has 0 atom stereocenters. The molecule has 0 N–H and O–H groups in total. The van der Waals surface area contributed by atoms with Gasteiger partial charge in [-0.15, -0.1) is 11.7 Å². The van der Waals surface area contributed by atoms with Gasteiger partial charge in [-0.05, 0) is 52.7 Å². The predicted molar refractivity (Wildman–Crippen MR) is 88.9 cm³/mol. The fraction of sp³-hybridized carbons (Fsp3) is 1.00. The second kappa shape index (κ2) is 7.03. The van der Waals surface area contributed by atoms with Crippen LogP contribution in [0.2, 0.25) is 0 Å². The van der Waals surface area contributed by atoms with Crippen molar-refractivity contribution in [2.75, 3.05) is 52.9 Å². The van der Waals surface area contributed by atoms with Crippen LogP contribution in [0.1, 0.15) is 26.7 Å². The van der Waals surface area contributed by atoms with Gasteiger partial charge in [-0.1, -0.05) is 10.8 Å². The van der Waals surface area contributed by atoms with Crippen LogP contribution >= 0.6 is 22.5 Å². The van der Waals surface area contributed by atoms with Gasteiger partial charge in [0, 0.05) is 32.7 Å². The van der Waals surface area contributed by atoms with E-state index in [1.54, 1.807) is 10.8 Å². The van der Waals surface area contributed by atoms with E-state index in [1.807, 2.05) is 0 Å². The molecular weight excluding hydrogens is 274 g/mol. The van der Waals surface area contributed by atoms with Crippen LogP contribution in [0.15, 0.2) is 0 Å². The van der Waals surface area contributed by atoms with Crippen LogP contribution in [0, 0.1) is 5.92 Å². The van der Waals surface area contributed by atoms with Gasteiger partial charge in [-0.2, -0.15) is 0 Å². The molecule has 0 saturated carbocycles. The number of nitrogens with zero attached hydrogens (tertiary/aromatic N) is 3. The highest BCUT2D eigenvalue weighted by atomic mass is 33.1. The van der Waals surface area contributed by atoms with Crippen molar-refractivity contribution in [2.45, 2.75) is 31.6 Å². The topological polar surface area (TPSA) is 9.72 Å². The third-order valence-electron chi connectivity index (χ3n) is 4.71. The molecule has 0 aromatic rings. The Kier molecular flexibility index (Phi) is 5.90. The molecule has 2 rings (SSSR count). The molecule has 2 aliphatic rings. The molecule has 0 spiro atoms. The van der Waals surface area contributed by atoms with E-state index in [0.717, 1.165) is 5.92 Å². The summed E-state index contributed by atoms with van der Waals surface area (Å²) in [6.45, 7) is 13.3. The maximum absolute atomic E-state index is 4.41. The number of piperazine rings is 1. The molecule has 112 valence electrons. The minimum Gasteiger partial charge on any atom is -0.306 e. The van der Waals surface area contributed by atoms with Crippen LogP contribution in [0.3, 0.4) is 0 Å². The fourth-order valence-corrected chi connectivity index (χ4v) is 3.78. The van der Waals surface area contributed by atoms with E-state index in [2.05, 4.69) is 47.3 Å². The third-order valence-corrected chi connectivity index (χ3v) is 6.76. The van der Waals surface area contributed by atoms with Crippen molar-refractivity contribution in [3.8, 4) is 0 Å². The van der Waals surface area contributed by atoms with Crippen LogP contribution in [0.25, 0.3) is 0 Å². The van der Waals surface area contributed by atoms with E-state index >= 15 is 0 Å². The van der Waals surface area contributed by atoms with Crippen molar-refractivity contribution in [3.05, 3.63) is 0 Å². The number of rotatable bonds is 4. The first-order chi connectivity index (χ1) is 9.01. The van der Waals surface area contributed by atoms with Crippen molar-refractivity contribution in [1.82, 2.24) is 14.7 Å². The first-order valence-electron chi connectivity index (χ1n) is 7.50. The third kappa shape index (κ3) is 4.53. The van der Waals surface area contributed by atoms with Crippen LogP contribution in [0.4, 0.5) is 0 Å². The van der Waals surface area contributed by atoms with Gasteiger partial charge in [-0.3, -0.25) is 4.90 Å². The second-order valence-corrected chi connectivity index (χ2v) is 8.30. The lowest BCUT2D eigenvalue weighted by Gasteiger charge is -2.44. The molecule has 5 heteroatoms. The van der Waals surface area contributed by atoms with Crippen molar-refractivity contribution >= 4 is 22.5 Å². The molecule has 0 aromatic heterocycles. The lowest BCUT2D eigenvalue weighted by atomic mass is 9.96. The molecule has 0 radical (unpaired) electrons. The minimum atomic E-state index is 0.169. The molecule has 2 heterocycles. The molecule has 0 amide bonds. The highest BCUT2D eigenvalue weighted by Crippen LogP contribution is 2.32. The smallest absolute Gasteiger partial charge is 0.0714 e. The molecule has 0 aromatic carbocycles. The van der Waals surface area contributed by atoms with Gasteiger partial charge >= 0.3 is 0 Å². The zero-order valence-corrected chi connectivity index (χ0v) is 14.3. The largest absolute Gasteiger partial charge is 0.306 e. The van der Waals surface area contributed by atoms with Crippen molar-refractivity contribution in [1.29, 1.82) is 0 Å². The van der Waals surface area contributed by atoms with Gasteiger partial charge in [-0.25, -0.2) is 0 Å². The Balaban J connectivity index is 1.72. The summed E-state index contributed by atoms with van der Waals surface area (Å²) in [5, 5.41) is 0. The van der Waals surface area contributed by atoms with Crippen LogP contribution in [-0.2, 0) is 0 Å². The Bertz CT molecular complexity index is 270. The number of likely N-dealkylation sites (tertiary alicyclic amines) is 1. The zero-order chi connectivity index (χ0) is 13.9. The normalized spacial score (nSPS) is 25.9. The van der Waals surface area contributed by atoms with Gasteiger partial charge in [0.2, 0.25) is 0 Å². The van der Waals surface area contributed by atoms with Crippen LogP contribution in [0.5, 0.6) is 0 Å². The summed E-state index contributed by atoms with van der Waals surface area (Å²) in [5.74, 6) is 0.926. The molecule has 0 aliphatic carbocycles. The highest BCUT2D eigenvalue weighted by molar-refractivity contribution is 8.69. The van der Waals surface area contributed by atoms with Crippen molar-refractivity contribution in [2.24, 2.45) is 5.92 Å². The molecule has 2 aliphatic heterocycles. The molecule has 19 heavy (non-hydrogen) atoms. The Labute approximate surface area is 127 Å². The molecule has 3 nitrogen and oxygen atoms in total. The van der Waals surface area contributed by atoms with E-state index in [-0.39, 0.29) is 4.87 Å². The summed E-state index contributed by atoms with van der Waals surface area (Å²) in [4.78, 5) is 7.87. The average Bonchev–Trinajstić information content (AvgIpc) is 2.42. The molecule has 2 saturated heterocycles. The SMILES string of the molecule is CN1CCC(CN2CCN(C(C)(C)SS)CC2)CC1. The van der Waals surface area contributed by atoms with E-state index in [0.29, 0.717) is 0 Å². The summed E-state index contributed by atoms with van der Waals surface area (Å²) in [7, 11) is 3.91. The monoisotopic (exact) mass is 303 g/mol. The number of piperidine rings is 1. The maximum Gasteiger partial charge on any atom is 0.0714 e. The summed E-state index contributed by atoms with van der Waals surface area (Å²) in [6, 6.07) is 0. The van der Waals surface area contributed by atoms with E-state index < -0.39 is 0 Å². The minimum absolute atomic E-state index is 0.169. The Morgan fingerprint density at radius 3 is 2.16 bits per heavy atom. The number of thiol groups is 1. The van der Waals surface area contributed by atoms with Gasteiger partial charge in [0.15, 0.2) is 0 Å². The first kappa shape index (κ1) is 16.0. The van der Waals surface area contributed by atoms with E-state index in [4.69, 9.17) is 0 Å². The fourth-order valence-electron chi connectivity index (χ4n) is 3.14. The molecular formula is C14H29N3S2. The standard InChI is InChI=1S/C14H29N3S2/c1-14(2,19-18)17-10-8-16(9-11-17)12-13-4-6-15(3)7-5-13/h13,18H,4-12H2,1-3H3. The second-order valence-electron chi connectivity index (χ2n) is 6.57. The summed E-state index contributed by atoms with van der Waals surface area (Å²) in [6.07, 6.45) is 2.77. The van der Waals surface area contributed by atoms with Gasteiger partial charge in [0.05, 0.1) is 4.87 Å². The van der Waals surface area contributed by atoms with Gasteiger partial charge in [0.1, 0.15) is 0 Å². The first-order valence-corrected chi connectivity index (χ1v) is 9.36. The number of hydrogen-bond donors (Lipinski definition) is 1. The van der Waals surface area contributed by atoms with Crippen molar-refractivity contribution < 1.29 is 0 Å². The predicted octanol–water partition coefficient (Wildman–Crippen LogP) is 2.26. The van der Waals surface area contributed by atoms with E-state index in [1.165, 1.54) is 58.7 Å². The Hall–Kier alpha value is 0.580. The maximum atomic E-state index is 4.41. The quantitative estimate of drug-likeness (QED) is 0.630. The average molecular weight is 304 g/mol. The Morgan fingerprint density at radius 1 is 1.05 bits per heavy atom. The number of hydrogen-bond acceptors (Lipinski definition) is 5.